The number of pyridine rings is 1. The van der Waals surface area contributed by atoms with Crippen molar-refractivity contribution in [3.63, 3.8) is 0 Å². The lowest BCUT2D eigenvalue weighted by molar-refractivity contribution is -0.137. The van der Waals surface area contributed by atoms with Gasteiger partial charge in [0, 0.05) is 48.7 Å². The summed E-state index contributed by atoms with van der Waals surface area (Å²) < 4.78 is 54.3. The number of alkyl halides is 3. The molecule has 11 heteroatoms. The van der Waals surface area contributed by atoms with E-state index < -0.39 is 17.6 Å². The topological polar surface area (TPSA) is 108 Å². The van der Waals surface area contributed by atoms with E-state index in [1.54, 1.807) is 42.6 Å². The summed E-state index contributed by atoms with van der Waals surface area (Å²) in [5.74, 6) is 0.826. The van der Waals surface area contributed by atoms with Crippen LogP contribution in [0.25, 0.3) is 23.3 Å². The molecule has 8 nitrogen and oxygen atoms in total. The van der Waals surface area contributed by atoms with E-state index in [9.17, 15) is 28.3 Å². The Morgan fingerprint density at radius 1 is 1.00 bits per heavy atom. The second kappa shape index (κ2) is 16.2. The number of carbonyl (C=O) groups is 1. The van der Waals surface area contributed by atoms with E-state index in [0.29, 0.717) is 76.9 Å². The van der Waals surface area contributed by atoms with Crippen LogP contribution in [-0.2, 0) is 19.1 Å². The highest BCUT2D eigenvalue weighted by Crippen LogP contribution is 2.40. The molecule has 4 aromatic rings. The molecule has 1 amide bonds. The van der Waals surface area contributed by atoms with Crippen molar-refractivity contribution >= 4 is 23.7 Å². The van der Waals surface area contributed by atoms with Crippen LogP contribution >= 0.6 is 0 Å². The summed E-state index contributed by atoms with van der Waals surface area (Å²) in [7, 11) is 3.00. The first-order chi connectivity index (χ1) is 25.5. The van der Waals surface area contributed by atoms with Crippen molar-refractivity contribution in [1.82, 2.24) is 9.88 Å². The van der Waals surface area contributed by atoms with Gasteiger partial charge in [0.2, 0.25) is 0 Å². The van der Waals surface area contributed by atoms with Gasteiger partial charge in [0.05, 0.1) is 31.5 Å². The number of aliphatic hydroxyl groups is 1. The van der Waals surface area contributed by atoms with Crippen molar-refractivity contribution in [2.75, 3.05) is 32.6 Å². The molecular formula is C42H43F3N4O4. The molecule has 0 radical (unpaired) electrons. The average Bonchev–Trinajstić information content (AvgIpc) is 3.82. The zero-order chi connectivity index (χ0) is 37.7. The molecule has 1 saturated heterocycles. The Labute approximate surface area is 307 Å². The zero-order valence-corrected chi connectivity index (χ0v) is 30.1. The summed E-state index contributed by atoms with van der Waals surface area (Å²) in [6.45, 7) is 3.69. The van der Waals surface area contributed by atoms with Crippen molar-refractivity contribution in [1.29, 1.82) is 5.26 Å². The van der Waals surface area contributed by atoms with Crippen molar-refractivity contribution in [3.05, 3.63) is 105 Å². The standard InChI is InChI=1S/C42H43F3N4O4/c1-26-33(11-7-13-37(26)48-41(51)38-21-40(53-3)31(23-47-38)24-49-17-16-32(50)25-49)34-12-6-10-28(35(34)22-46)14-15-29-20-39(52-2)30(18-27-8-4-5-9-27)19-36(29)42(43,44)45/h6-7,10-15,19-21,23,27,32,50H,4-5,8-9,16-18,24-25H2,1-3H3,(H,48,51)/b15-14+/t32-/m1/s1. The summed E-state index contributed by atoms with van der Waals surface area (Å²) in [5.41, 5.74) is 3.89. The van der Waals surface area contributed by atoms with Crippen LogP contribution in [0.2, 0.25) is 0 Å². The molecule has 2 N–H and O–H groups in total. The second-order valence-corrected chi connectivity index (χ2v) is 13.8. The zero-order valence-electron chi connectivity index (χ0n) is 30.1. The van der Waals surface area contributed by atoms with E-state index in [-0.39, 0.29) is 22.9 Å². The van der Waals surface area contributed by atoms with Crippen molar-refractivity contribution in [2.24, 2.45) is 5.92 Å². The second-order valence-electron chi connectivity index (χ2n) is 13.8. The van der Waals surface area contributed by atoms with E-state index in [0.717, 1.165) is 37.8 Å². The van der Waals surface area contributed by atoms with Crippen LogP contribution in [0, 0.1) is 24.2 Å². The van der Waals surface area contributed by atoms with E-state index in [1.807, 2.05) is 13.0 Å². The maximum atomic E-state index is 14.4. The number of carbonyl (C=O) groups excluding carboxylic acids is 1. The molecule has 1 atom stereocenters. The minimum atomic E-state index is -4.58. The van der Waals surface area contributed by atoms with Crippen molar-refractivity contribution in [2.45, 2.75) is 64.3 Å². The van der Waals surface area contributed by atoms with Gasteiger partial charge in [-0.3, -0.25) is 14.7 Å². The van der Waals surface area contributed by atoms with Gasteiger partial charge in [-0.1, -0.05) is 68.2 Å². The summed E-state index contributed by atoms with van der Waals surface area (Å²) in [6, 6.07) is 17.0. The Hall–Kier alpha value is -5.18. The van der Waals surface area contributed by atoms with Crippen LogP contribution in [-0.4, -0.2) is 54.3 Å². The van der Waals surface area contributed by atoms with Gasteiger partial charge in [0.25, 0.3) is 5.91 Å². The fourth-order valence-corrected chi connectivity index (χ4v) is 7.48. The number of anilines is 1. The fourth-order valence-electron chi connectivity index (χ4n) is 7.48. The smallest absolute Gasteiger partial charge is 0.417 e. The predicted molar refractivity (Wildman–Crippen MR) is 199 cm³/mol. The predicted octanol–water partition coefficient (Wildman–Crippen LogP) is 8.69. The lowest BCUT2D eigenvalue weighted by Gasteiger charge is -2.18. The first-order valence-electron chi connectivity index (χ1n) is 17.8. The Morgan fingerprint density at radius 3 is 2.38 bits per heavy atom. The number of halogens is 3. The number of aromatic nitrogens is 1. The van der Waals surface area contributed by atoms with Gasteiger partial charge in [-0.25, -0.2) is 0 Å². The number of methoxy groups -OCH3 is 2. The quantitative estimate of drug-likeness (QED) is 0.149. The molecule has 1 aliphatic heterocycles. The van der Waals surface area contributed by atoms with Crippen LogP contribution in [0.5, 0.6) is 11.5 Å². The van der Waals surface area contributed by atoms with Crippen LogP contribution in [0.3, 0.4) is 0 Å². The minimum absolute atomic E-state index is 0.0483. The van der Waals surface area contributed by atoms with E-state index in [1.165, 1.54) is 38.5 Å². The summed E-state index contributed by atoms with van der Waals surface area (Å²) in [5, 5.41) is 23.1. The molecule has 0 spiro atoms. The number of hydrogen-bond acceptors (Lipinski definition) is 7. The van der Waals surface area contributed by atoms with Crippen molar-refractivity contribution < 1.29 is 32.5 Å². The largest absolute Gasteiger partial charge is 0.496 e. The number of β-amino-alcohol motifs (C(OH)–C–C–N with tert-alkyl or cyclic N) is 1. The molecule has 2 aliphatic rings. The van der Waals surface area contributed by atoms with Crippen LogP contribution < -0.4 is 14.8 Å². The SMILES string of the molecule is COc1cc(/C=C/c2cccc(-c3cccc(NC(=O)c4cc(OC)c(CN5CC[C@@H](O)C5)cn4)c3C)c2C#N)c(C(F)(F)F)cc1CC1CCCC1. The number of hydrogen-bond donors (Lipinski definition) is 2. The number of ether oxygens (including phenoxy) is 2. The third-order valence-electron chi connectivity index (χ3n) is 10.3. The maximum Gasteiger partial charge on any atom is 0.417 e. The summed E-state index contributed by atoms with van der Waals surface area (Å²) in [6.07, 6.45) is 5.01. The summed E-state index contributed by atoms with van der Waals surface area (Å²) >= 11 is 0. The number of aliphatic hydroxyl groups excluding tert-OH is 1. The number of amides is 1. The number of benzene rings is 3. The highest BCUT2D eigenvalue weighted by molar-refractivity contribution is 6.04. The molecule has 1 aromatic heterocycles. The van der Waals surface area contributed by atoms with Crippen molar-refractivity contribution in [3.8, 4) is 28.7 Å². The Bertz CT molecular complexity index is 2050. The summed E-state index contributed by atoms with van der Waals surface area (Å²) in [4.78, 5) is 19.9. The molecule has 53 heavy (non-hydrogen) atoms. The molecule has 6 rings (SSSR count). The van der Waals surface area contributed by atoms with Gasteiger partial charge in [-0.05, 0) is 71.7 Å². The molecule has 2 heterocycles. The van der Waals surface area contributed by atoms with Crippen LogP contribution in [0.15, 0.2) is 60.8 Å². The highest BCUT2D eigenvalue weighted by Gasteiger charge is 2.34. The Kier molecular flexibility index (Phi) is 11.5. The maximum absolute atomic E-state index is 14.4. The van der Waals surface area contributed by atoms with Gasteiger partial charge in [-0.15, -0.1) is 0 Å². The van der Waals surface area contributed by atoms with Gasteiger partial charge < -0.3 is 19.9 Å². The first-order valence-corrected chi connectivity index (χ1v) is 17.8. The first kappa shape index (κ1) is 37.6. The Morgan fingerprint density at radius 2 is 1.70 bits per heavy atom. The molecule has 2 fully saturated rings. The van der Waals surface area contributed by atoms with Crippen LogP contribution in [0.1, 0.15) is 81.5 Å². The van der Waals surface area contributed by atoms with E-state index >= 15 is 0 Å². The highest BCUT2D eigenvalue weighted by atomic mass is 19.4. The van der Waals surface area contributed by atoms with Gasteiger partial charge >= 0.3 is 6.18 Å². The molecule has 3 aromatic carbocycles. The number of nitriles is 1. The molecular weight excluding hydrogens is 681 g/mol. The normalized spacial score (nSPS) is 16.6. The molecule has 0 unspecified atom stereocenters. The molecule has 0 bridgehead atoms. The number of rotatable bonds is 11. The van der Waals surface area contributed by atoms with E-state index in [2.05, 4.69) is 21.3 Å². The monoisotopic (exact) mass is 724 g/mol. The number of likely N-dealkylation sites (tertiary alicyclic amines) is 1. The average molecular weight is 725 g/mol. The Balaban J connectivity index is 1.26. The van der Waals surface area contributed by atoms with Gasteiger partial charge in [0.1, 0.15) is 23.3 Å². The van der Waals surface area contributed by atoms with Gasteiger partial charge in [0.15, 0.2) is 0 Å². The molecule has 276 valence electrons. The third kappa shape index (κ3) is 8.56. The third-order valence-corrected chi connectivity index (χ3v) is 10.3. The van der Waals surface area contributed by atoms with Crippen LogP contribution in [0.4, 0.5) is 18.9 Å². The number of nitrogens with one attached hydrogen (secondary N) is 1. The van der Waals surface area contributed by atoms with Gasteiger partial charge in [-0.2, -0.15) is 18.4 Å². The lowest BCUT2D eigenvalue weighted by Crippen LogP contribution is -2.22. The fraction of sp³-hybridized carbons (Fsp3) is 0.357. The molecule has 1 saturated carbocycles. The lowest BCUT2D eigenvalue weighted by atomic mass is 9.91. The minimum Gasteiger partial charge on any atom is -0.496 e. The number of nitrogens with zero attached hydrogens (tertiary/aromatic N) is 3. The molecule has 1 aliphatic carbocycles. The van der Waals surface area contributed by atoms with E-state index in [4.69, 9.17) is 9.47 Å².